The lowest BCUT2D eigenvalue weighted by atomic mass is 10.1. The Morgan fingerprint density at radius 1 is 1.00 bits per heavy atom. The molecule has 1 aromatic heterocycles. The molecule has 0 amide bonds. The molecule has 0 radical (unpaired) electrons. The molecule has 0 saturated heterocycles. The van der Waals surface area contributed by atoms with Crippen molar-refractivity contribution in [3.63, 3.8) is 0 Å². The SMILES string of the molecule is CC(C)(C)OC(=O)n1nc(N)cc1-c1ccc(Oc2cc(F)cc(F)c2)cc1. The molecule has 0 fully saturated rings. The maximum absolute atomic E-state index is 13.3. The van der Waals surface area contributed by atoms with Crippen molar-refractivity contribution in [2.45, 2.75) is 26.4 Å². The lowest BCUT2D eigenvalue weighted by Crippen LogP contribution is -2.28. The van der Waals surface area contributed by atoms with E-state index in [0.29, 0.717) is 17.0 Å². The molecule has 28 heavy (non-hydrogen) atoms. The van der Waals surface area contributed by atoms with Gasteiger partial charge in [0, 0.05) is 29.8 Å². The molecule has 146 valence electrons. The fourth-order valence-electron chi connectivity index (χ4n) is 2.47. The minimum atomic E-state index is -0.733. The number of rotatable bonds is 3. The highest BCUT2D eigenvalue weighted by molar-refractivity contribution is 5.79. The standard InChI is InChI=1S/C20H19F2N3O3/c1-20(2,3)28-19(26)25-17(11-18(23)24-25)12-4-6-15(7-5-12)27-16-9-13(21)8-14(22)10-16/h4-11H,1-3H3,(H2,23,24). The first kappa shape index (κ1) is 19.3. The molecule has 3 aromatic rings. The number of nitrogens with zero attached hydrogens (tertiary/aromatic N) is 2. The Hall–Kier alpha value is -3.42. The Balaban J connectivity index is 1.85. The highest BCUT2D eigenvalue weighted by Gasteiger charge is 2.22. The van der Waals surface area contributed by atoms with Gasteiger partial charge in [-0.05, 0) is 45.0 Å². The molecule has 6 nitrogen and oxygen atoms in total. The molecule has 0 unspecified atom stereocenters. The fourth-order valence-corrected chi connectivity index (χ4v) is 2.47. The van der Waals surface area contributed by atoms with Gasteiger partial charge >= 0.3 is 6.09 Å². The predicted molar refractivity (Wildman–Crippen MR) is 100 cm³/mol. The van der Waals surface area contributed by atoms with E-state index in [1.807, 2.05) is 0 Å². The zero-order chi connectivity index (χ0) is 20.5. The van der Waals surface area contributed by atoms with Crippen molar-refractivity contribution >= 4 is 11.9 Å². The minimum absolute atomic E-state index is 0.0355. The summed E-state index contributed by atoms with van der Waals surface area (Å²) in [5.74, 6) is -0.901. The third-order valence-electron chi connectivity index (χ3n) is 3.52. The highest BCUT2D eigenvalue weighted by atomic mass is 19.1. The average Bonchev–Trinajstić information content (AvgIpc) is 2.95. The molecule has 2 aromatic carbocycles. The van der Waals surface area contributed by atoms with Gasteiger partial charge in [-0.1, -0.05) is 0 Å². The summed E-state index contributed by atoms with van der Waals surface area (Å²) in [6, 6.07) is 11.0. The molecule has 0 bridgehead atoms. The van der Waals surface area contributed by atoms with Crippen LogP contribution in [-0.4, -0.2) is 21.5 Å². The largest absolute Gasteiger partial charge is 0.457 e. The van der Waals surface area contributed by atoms with Gasteiger partial charge in [-0.25, -0.2) is 13.6 Å². The number of aromatic nitrogens is 2. The normalized spacial score (nSPS) is 11.3. The number of hydrogen-bond acceptors (Lipinski definition) is 5. The Morgan fingerprint density at radius 2 is 1.61 bits per heavy atom. The van der Waals surface area contributed by atoms with Crippen LogP contribution in [0.25, 0.3) is 11.3 Å². The summed E-state index contributed by atoms with van der Waals surface area (Å²) in [6.07, 6.45) is -0.658. The Kier molecular flexibility index (Phi) is 5.04. The van der Waals surface area contributed by atoms with E-state index in [9.17, 15) is 13.6 Å². The quantitative estimate of drug-likeness (QED) is 0.685. The molecular formula is C20H19F2N3O3. The van der Waals surface area contributed by atoms with Crippen molar-refractivity contribution in [3.8, 4) is 22.8 Å². The van der Waals surface area contributed by atoms with E-state index in [4.69, 9.17) is 15.2 Å². The first-order chi connectivity index (χ1) is 13.1. The van der Waals surface area contributed by atoms with Gasteiger partial charge in [0.1, 0.15) is 34.6 Å². The van der Waals surface area contributed by atoms with Gasteiger partial charge in [0.05, 0.1) is 5.69 Å². The predicted octanol–water partition coefficient (Wildman–Crippen LogP) is 4.99. The van der Waals surface area contributed by atoms with Crippen molar-refractivity contribution in [2.75, 3.05) is 5.73 Å². The van der Waals surface area contributed by atoms with Crippen LogP contribution in [0.5, 0.6) is 11.5 Å². The average molecular weight is 387 g/mol. The number of nitrogen functional groups attached to an aromatic ring is 1. The summed E-state index contributed by atoms with van der Waals surface area (Å²) in [6.45, 7) is 5.25. The van der Waals surface area contributed by atoms with Gasteiger partial charge in [0.2, 0.25) is 0 Å². The smallest absolute Gasteiger partial charge is 0.435 e. The molecule has 0 spiro atoms. The van der Waals surface area contributed by atoms with Gasteiger partial charge in [-0.3, -0.25) is 0 Å². The maximum Gasteiger partial charge on any atom is 0.435 e. The van der Waals surface area contributed by atoms with Gasteiger partial charge in [-0.2, -0.15) is 4.68 Å². The zero-order valence-electron chi connectivity index (χ0n) is 15.6. The van der Waals surface area contributed by atoms with Crippen molar-refractivity contribution in [1.82, 2.24) is 9.78 Å². The molecule has 0 aliphatic carbocycles. The molecular weight excluding hydrogens is 368 g/mol. The Bertz CT molecular complexity index is 988. The third-order valence-corrected chi connectivity index (χ3v) is 3.52. The minimum Gasteiger partial charge on any atom is -0.457 e. The Labute approximate surface area is 160 Å². The summed E-state index contributed by atoms with van der Waals surface area (Å²) >= 11 is 0. The molecule has 0 atom stereocenters. The molecule has 8 heteroatoms. The van der Waals surface area contributed by atoms with E-state index in [1.165, 1.54) is 0 Å². The summed E-state index contributed by atoms with van der Waals surface area (Å²) in [5, 5.41) is 3.99. The van der Waals surface area contributed by atoms with E-state index in [0.717, 1.165) is 22.9 Å². The van der Waals surface area contributed by atoms with E-state index in [1.54, 1.807) is 51.1 Å². The van der Waals surface area contributed by atoms with Crippen LogP contribution in [0.3, 0.4) is 0 Å². The summed E-state index contributed by atoms with van der Waals surface area (Å²) in [7, 11) is 0. The second-order valence-electron chi connectivity index (χ2n) is 7.08. The van der Waals surface area contributed by atoms with Gasteiger partial charge < -0.3 is 15.2 Å². The first-order valence-corrected chi connectivity index (χ1v) is 8.44. The number of nitrogens with two attached hydrogens (primary N) is 1. The third kappa shape index (κ3) is 4.64. The van der Waals surface area contributed by atoms with Crippen molar-refractivity contribution in [2.24, 2.45) is 0 Å². The lowest BCUT2D eigenvalue weighted by molar-refractivity contribution is 0.0518. The number of carbonyl (C=O) groups excluding carboxylic acids is 1. The number of ether oxygens (including phenoxy) is 2. The monoisotopic (exact) mass is 387 g/mol. The molecule has 0 aliphatic heterocycles. The van der Waals surface area contributed by atoms with Crippen LogP contribution >= 0.6 is 0 Å². The van der Waals surface area contributed by atoms with Crippen LogP contribution in [-0.2, 0) is 4.74 Å². The van der Waals surface area contributed by atoms with Gasteiger partial charge in [0.25, 0.3) is 0 Å². The van der Waals surface area contributed by atoms with Crippen molar-refractivity contribution in [1.29, 1.82) is 0 Å². The second-order valence-corrected chi connectivity index (χ2v) is 7.08. The van der Waals surface area contributed by atoms with Gasteiger partial charge in [0.15, 0.2) is 0 Å². The molecule has 3 rings (SSSR count). The number of halogens is 2. The van der Waals surface area contributed by atoms with E-state index < -0.39 is 23.3 Å². The van der Waals surface area contributed by atoms with Crippen LogP contribution in [0, 0.1) is 11.6 Å². The van der Waals surface area contributed by atoms with Crippen LogP contribution in [0.4, 0.5) is 19.4 Å². The maximum atomic E-state index is 13.3. The second kappa shape index (κ2) is 7.30. The first-order valence-electron chi connectivity index (χ1n) is 8.44. The molecule has 1 heterocycles. The number of hydrogen-bond donors (Lipinski definition) is 1. The summed E-state index contributed by atoms with van der Waals surface area (Å²) in [5.41, 5.74) is 6.13. The number of benzene rings is 2. The number of carbonyl (C=O) groups is 1. The Morgan fingerprint density at radius 3 is 2.18 bits per heavy atom. The van der Waals surface area contributed by atoms with E-state index in [-0.39, 0.29) is 11.6 Å². The van der Waals surface area contributed by atoms with Gasteiger partial charge in [-0.15, -0.1) is 5.10 Å². The molecule has 2 N–H and O–H groups in total. The molecule has 0 saturated carbocycles. The highest BCUT2D eigenvalue weighted by Crippen LogP contribution is 2.28. The van der Waals surface area contributed by atoms with E-state index in [2.05, 4.69) is 5.10 Å². The summed E-state index contributed by atoms with van der Waals surface area (Å²) in [4.78, 5) is 12.4. The summed E-state index contributed by atoms with van der Waals surface area (Å²) < 4.78 is 38.4. The lowest BCUT2D eigenvalue weighted by Gasteiger charge is -2.19. The van der Waals surface area contributed by atoms with Crippen LogP contribution < -0.4 is 10.5 Å². The zero-order valence-corrected chi connectivity index (χ0v) is 15.6. The topological polar surface area (TPSA) is 79.4 Å². The van der Waals surface area contributed by atoms with Crippen LogP contribution in [0.2, 0.25) is 0 Å². The van der Waals surface area contributed by atoms with Crippen molar-refractivity contribution < 1.29 is 23.0 Å². The fraction of sp³-hybridized carbons (Fsp3) is 0.200. The van der Waals surface area contributed by atoms with E-state index >= 15 is 0 Å². The van der Waals surface area contributed by atoms with Crippen molar-refractivity contribution in [3.05, 3.63) is 60.2 Å². The van der Waals surface area contributed by atoms with Crippen LogP contribution in [0.15, 0.2) is 48.5 Å². The molecule has 0 aliphatic rings. The van der Waals surface area contributed by atoms with Crippen LogP contribution in [0.1, 0.15) is 20.8 Å². The number of anilines is 1.